The summed E-state index contributed by atoms with van der Waals surface area (Å²) in [4.78, 5) is 48.0. The summed E-state index contributed by atoms with van der Waals surface area (Å²) in [6, 6.07) is 2.18. The van der Waals surface area contributed by atoms with Gasteiger partial charge in [0.2, 0.25) is 5.78 Å². The third kappa shape index (κ3) is 2.95. The number of hydrogen-bond donors (Lipinski definition) is 5. The Bertz CT molecular complexity index is 914. The van der Waals surface area contributed by atoms with Crippen LogP contribution in [0.25, 0.3) is 0 Å². The van der Waals surface area contributed by atoms with Crippen LogP contribution in [0.5, 0.6) is 11.5 Å². The highest BCUT2D eigenvalue weighted by Crippen LogP contribution is 2.33. The quantitative estimate of drug-likeness (QED) is 0.442. The van der Waals surface area contributed by atoms with Crippen molar-refractivity contribution in [1.29, 1.82) is 0 Å². The Morgan fingerprint density at radius 2 is 1.81 bits per heavy atom. The number of carbonyl (C=O) groups is 4. The molecule has 1 amide bonds. The Labute approximate surface area is 146 Å². The lowest BCUT2D eigenvalue weighted by molar-refractivity contribution is -0.130. The summed E-state index contributed by atoms with van der Waals surface area (Å²) in [6.45, 7) is -0.401. The average molecular weight is 358 g/mol. The van der Waals surface area contributed by atoms with E-state index in [4.69, 9.17) is 0 Å². The molecule has 0 radical (unpaired) electrons. The van der Waals surface area contributed by atoms with Gasteiger partial charge in [-0.2, -0.15) is 0 Å². The van der Waals surface area contributed by atoms with Crippen molar-refractivity contribution in [1.82, 2.24) is 10.6 Å². The molecule has 1 aliphatic heterocycles. The van der Waals surface area contributed by atoms with Crippen molar-refractivity contribution < 1.29 is 34.5 Å². The monoisotopic (exact) mass is 358 g/mol. The van der Waals surface area contributed by atoms with Crippen molar-refractivity contribution in [3.8, 4) is 11.5 Å². The average Bonchev–Trinajstić information content (AvgIpc) is 2.60. The summed E-state index contributed by atoms with van der Waals surface area (Å²) in [7, 11) is 0. The molecule has 1 aromatic carbocycles. The largest absolute Gasteiger partial charge is 0.507 e. The molecule has 3 rings (SSSR count). The minimum Gasteiger partial charge on any atom is -0.507 e. The number of aliphatic hydroxyl groups is 1. The molecular formula is C17H14N2O7. The number of nitrogens with one attached hydrogen (secondary N) is 2. The number of amides is 1. The highest BCUT2D eigenvalue weighted by molar-refractivity contribution is 6.26. The maximum Gasteiger partial charge on any atom is 0.253 e. The lowest BCUT2D eigenvalue weighted by atomic mass is 9.91. The van der Waals surface area contributed by atoms with E-state index in [0.717, 1.165) is 18.2 Å². The number of Topliss-reactive ketones (excluding diaryl/α,β-unsaturated/α-hetero) is 2. The number of aliphatic hydroxyl groups excluding tert-OH is 1. The zero-order valence-electron chi connectivity index (χ0n) is 13.3. The molecule has 0 saturated carbocycles. The molecule has 1 aromatic rings. The van der Waals surface area contributed by atoms with Gasteiger partial charge < -0.3 is 26.0 Å². The third-order valence-electron chi connectivity index (χ3n) is 4.00. The van der Waals surface area contributed by atoms with Gasteiger partial charge in [0.05, 0.1) is 29.1 Å². The van der Waals surface area contributed by atoms with Crippen LogP contribution in [0, 0.1) is 0 Å². The predicted molar refractivity (Wildman–Crippen MR) is 86.4 cm³/mol. The fourth-order valence-electron chi connectivity index (χ4n) is 2.65. The number of ketones is 3. The Morgan fingerprint density at radius 3 is 2.46 bits per heavy atom. The molecule has 0 bridgehead atoms. The number of allylic oxidation sites excluding steroid dienone is 2. The zero-order valence-corrected chi connectivity index (χ0v) is 13.3. The van der Waals surface area contributed by atoms with Gasteiger partial charge in [-0.15, -0.1) is 0 Å². The predicted octanol–water partition coefficient (Wildman–Crippen LogP) is -0.716. The van der Waals surface area contributed by atoms with E-state index in [9.17, 15) is 34.5 Å². The Balaban J connectivity index is 1.77. The molecule has 1 heterocycles. The fourth-order valence-corrected chi connectivity index (χ4v) is 2.65. The van der Waals surface area contributed by atoms with E-state index in [2.05, 4.69) is 10.6 Å². The van der Waals surface area contributed by atoms with Crippen LogP contribution in [0.3, 0.4) is 0 Å². The van der Waals surface area contributed by atoms with Crippen molar-refractivity contribution in [2.24, 2.45) is 0 Å². The third-order valence-corrected chi connectivity index (χ3v) is 4.00. The minimum atomic E-state index is -1.22. The van der Waals surface area contributed by atoms with Gasteiger partial charge >= 0.3 is 0 Å². The van der Waals surface area contributed by atoms with Crippen LogP contribution in [0.1, 0.15) is 27.1 Å². The Morgan fingerprint density at radius 1 is 1.15 bits per heavy atom. The second kappa shape index (κ2) is 6.45. The second-order valence-corrected chi connectivity index (χ2v) is 5.74. The highest BCUT2D eigenvalue weighted by atomic mass is 16.3. The molecule has 1 unspecified atom stereocenters. The van der Waals surface area contributed by atoms with Crippen molar-refractivity contribution >= 4 is 23.3 Å². The van der Waals surface area contributed by atoms with Crippen LogP contribution in [0.15, 0.2) is 35.7 Å². The molecule has 9 heteroatoms. The van der Waals surface area contributed by atoms with E-state index in [1.165, 1.54) is 6.08 Å². The smallest absolute Gasteiger partial charge is 0.253 e. The van der Waals surface area contributed by atoms with Crippen LogP contribution in [0.2, 0.25) is 0 Å². The number of phenols is 2. The number of carbonyl (C=O) groups excluding carboxylic acids is 4. The van der Waals surface area contributed by atoms with Crippen molar-refractivity contribution in [2.75, 3.05) is 6.54 Å². The number of benzene rings is 1. The molecule has 1 aliphatic carbocycles. The van der Waals surface area contributed by atoms with Gasteiger partial charge in [0.15, 0.2) is 11.6 Å². The summed E-state index contributed by atoms with van der Waals surface area (Å²) < 4.78 is 0. The highest BCUT2D eigenvalue weighted by Gasteiger charge is 2.31. The molecule has 9 nitrogen and oxygen atoms in total. The van der Waals surface area contributed by atoms with E-state index in [1.54, 1.807) is 0 Å². The second-order valence-electron chi connectivity index (χ2n) is 5.74. The van der Waals surface area contributed by atoms with Gasteiger partial charge in [-0.25, -0.2) is 0 Å². The zero-order chi connectivity index (χ0) is 19.0. The molecule has 1 atom stereocenters. The number of aromatic hydroxyl groups is 2. The first-order valence-corrected chi connectivity index (χ1v) is 7.61. The van der Waals surface area contributed by atoms with Gasteiger partial charge in [-0.1, -0.05) is 6.08 Å². The summed E-state index contributed by atoms with van der Waals surface area (Å²) in [5, 5.41) is 33.6. The number of fused-ring (bicyclic) bond motifs is 1. The minimum absolute atomic E-state index is 0.00640. The van der Waals surface area contributed by atoms with E-state index in [1.807, 2.05) is 0 Å². The number of phenolic OH excluding ortho intramolecular Hbond substituents is 2. The van der Waals surface area contributed by atoms with Crippen LogP contribution in [-0.4, -0.2) is 51.2 Å². The van der Waals surface area contributed by atoms with Gasteiger partial charge in [-0.3, -0.25) is 19.2 Å². The lowest BCUT2D eigenvalue weighted by Crippen LogP contribution is -2.42. The number of rotatable bonds is 4. The van der Waals surface area contributed by atoms with Gasteiger partial charge in [0.1, 0.15) is 17.6 Å². The standard InChI is InChI=1S/C17H14N2O7/c20-9-3-4-10(21)15-14(9)12(23)5-8(16(15)25)18-6-13(24)7-1-2-11(22)17(26)19-7/h1,3-5,11,18,20-22H,2,6H2,(H,19,26). The molecule has 0 fully saturated rings. The first kappa shape index (κ1) is 17.4. The van der Waals surface area contributed by atoms with Gasteiger partial charge in [0, 0.05) is 12.5 Å². The Kier molecular flexibility index (Phi) is 4.31. The maximum atomic E-state index is 12.4. The normalized spacial score (nSPS) is 19.3. The molecular weight excluding hydrogens is 344 g/mol. The van der Waals surface area contributed by atoms with E-state index in [-0.39, 0.29) is 28.9 Å². The SMILES string of the molecule is O=C(CNC1=CC(=O)c2c(O)ccc(O)c2C1=O)C1=CCC(O)C(=O)N1. The van der Waals surface area contributed by atoms with Crippen molar-refractivity contribution in [2.45, 2.75) is 12.5 Å². The summed E-state index contributed by atoms with van der Waals surface area (Å²) in [5.74, 6) is -3.61. The molecule has 0 spiro atoms. The van der Waals surface area contributed by atoms with Crippen LogP contribution in [-0.2, 0) is 9.59 Å². The first-order valence-electron chi connectivity index (χ1n) is 7.61. The molecule has 5 N–H and O–H groups in total. The Hall–Kier alpha value is -3.46. The molecule has 26 heavy (non-hydrogen) atoms. The molecule has 0 aromatic heterocycles. The summed E-state index contributed by atoms with van der Waals surface area (Å²) in [5.41, 5.74) is -0.896. The summed E-state index contributed by atoms with van der Waals surface area (Å²) >= 11 is 0. The fraction of sp³-hybridized carbons (Fsp3) is 0.176. The molecule has 2 aliphatic rings. The summed E-state index contributed by atoms with van der Waals surface area (Å²) in [6.07, 6.45) is 1.06. The first-order chi connectivity index (χ1) is 12.3. The lowest BCUT2D eigenvalue weighted by Gasteiger charge is -2.20. The maximum absolute atomic E-state index is 12.4. The number of hydrogen-bond acceptors (Lipinski definition) is 8. The van der Waals surface area contributed by atoms with E-state index >= 15 is 0 Å². The van der Waals surface area contributed by atoms with Gasteiger partial charge in [0.25, 0.3) is 5.91 Å². The molecule has 0 saturated heterocycles. The van der Waals surface area contributed by atoms with Crippen molar-refractivity contribution in [3.05, 3.63) is 46.8 Å². The topological polar surface area (TPSA) is 153 Å². The van der Waals surface area contributed by atoms with E-state index in [0.29, 0.717) is 0 Å². The van der Waals surface area contributed by atoms with Crippen LogP contribution in [0.4, 0.5) is 0 Å². The molecule has 134 valence electrons. The van der Waals surface area contributed by atoms with Crippen molar-refractivity contribution in [3.63, 3.8) is 0 Å². The van der Waals surface area contributed by atoms with Crippen LogP contribution < -0.4 is 10.6 Å². The van der Waals surface area contributed by atoms with E-state index < -0.39 is 47.4 Å². The van der Waals surface area contributed by atoms with Gasteiger partial charge in [-0.05, 0) is 12.1 Å². The van der Waals surface area contributed by atoms with Crippen LogP contribution >= 0.6 is 0 Å².